The van der Waals surface area contributed by atoms with Crippen molar-refractivity contribution in [3.05, 3.63) is 65.9 Å². The number of methoxy groups -OCH3 is 1. The minimum absolute atomic E-state index is 0.0297. The van der Waals surface area contributed by atoms with Crippen molar-refractivity contribution in [2.75, 3.05) is 12.4 Å². The van der Waals surface area contributed by atoms with Crippen LogP contribution in [0.2, 0.25) is 0 Å². The van der Waals surface area contributed by atoms with Gasteiger partial charge in [-0.1, -0.05) is 37.3 Å². The van der Waals surface area contributed by atoms with Gasteiger partial charge in [0.2, 0.25) is 5.91 Å². The van der Waals surface area contributed by atoms with E-state index < -0.39 is 0 Å². The second kappa shape index (κ2) is 7.87. The summed E-state index contributed by atoms with van der Waals surface area (Å²) in [6.07, 6.45) is 0.727. The number of hydrogen-bond donors (Lipinski definition) is 2. The highest BCUT2D eigenvalue weighted by Gasteiger charge is 2.22. The maximum atomic E-state index is 12.9. The Hall–Kier alpha value is -3.08. The van der Waals surface area contributed by atoms with E-state index in [4.69, 9.17) is 4.74 Å². The van der Waals surface area contributed by atoms with Crippen LogP contribution in [0.1, 0.15) is 30.5 Å². The molecule has 0 spiro atoms. The Morgan fingerprint density at radius 2 is 1.85 bits per heavy atom. The van der Waals surface area contributed by atoms with Gasteiger partial charge in [0.15, 0.2) is 0 Å². The maximum absolute atomic E-state index is 12.9. The lowest BCUT2D eigenvalue weighted by atomic mass is 9.95. The Morgan fingerprint density at radius 3 is 2.46 bits per heavy atom. The fourth-order valence-corrected chi connectivity index (χ4v) is 3.01. The summed E-state index contributed by atoms with van der Waals surface area (Å²) in [4.78, 5) is 12.9. The first-order valence-corrected chi connectivity index (χ1v) is 8.69. The van der Waals surface area contributed by atoms with Crippen molar-refractivity contribution >= 4 is 11.6 Å². The van der Waals surface area contributed by atoms with Gasteiger partial charge < -0.3 is 10.1 Å². The first-order chi connectivity index (χ1) is 12.6. The molecule has 0 saturated carbocycles. The fraction of sp³-hybridized carbons (Fsp3) is 0.238. The van der Waals surface area contributed by atoms with Crippen LogP contribution < -0.4 is 10.1 Å². The monoisotopic (exact) mass is 349 g/mol. The van der Waals surface area contributed by atoms with Crippen molar-refractivity contribution in [2.45, 2.75) is 26.2 Å². The molecule has 0 fully saturated rings. The fourth-order valence-electron chi connectivity index (χ4n) is 3.01. The standard InChI is InChI=1S/C21H23N3O2/c1-4-18(15-8-6-5-7-9-15)21(25)22-19-14(2)23-24-20(19)16-10-12-17(26-3)13-11-16/h5-13,18H,4H2,1-3H3,(H,22,25)(H,23,24)/t18-/m1/s1. The van der Waals surface area contributed by atoms with E-state index in [9.17, 15) is 4.79 Å². The molecule has 26 heavy (non-hydrogen) atoms. The second-order valence-electron chi connectivity index (χ2n) is 6.16. The van der Waals surface area contributed by atoms with Gasteiger partial charge in [-0.25, -0.2) is 0 Å². The molecular weight excluding hydrogens is 326 g/mol. The Labute approximate surface area is 153 Å². The number of aryl methyl sites for hydroxylation is 1. The average Bonchev–Trinajstić information content (AvgIpc) is 3.04. The third-order valence-corrected chi connectivity index (χ3v) is 4.49. The zero-order valence-electron chi connectivity index (χ0n) is 15.2. The molecule has 3 aromatic rings. The third-order valence-electron chi connectivity index (χ3n) is 4.49. The lowest BCUT2D eigenvalue weighted by Gasteiger charge is -2.16. The summed E-state index contributed by atoms with van der Waals surface area (Å²) in [5, 5.41) is 10.4. The lowest BCUT2D eigenvalue weighted by Crippen LogP contribution is -2.21. The predicted octanol–water partition coefficient (Wildman–Crippen LogP) is 4.53. The number of benzene rings is 2. The quantitative estimate of drug-likeness (QED) is 0.687. The Morgan fingerprint density at radius 1 is 1.15 bits per heavy atom. The van der Waals surface area contributed by atoms with Crippen molar-refractivity contribution in [1.82, 2.24) is 10.2 Å². The number of nitrogens with zero attached hydrogens (tertiary/aromatic N) is 1. The Bertz CT molecular complexity index is 870. The Kier molecular flexibility index (Phi) is 5.37. The number of nitrogens with one attached hydrogen (secondary N) is 2. The van der Waals surface area contributed by atoms with E-state index in [1.54, 1.807) is 7.11 Å². The van der Waals surface area contributed by atoms with Gasteiger partial charge in [-0.05, 0) is 43.2 Å². The second-order valence-corrected chi connectivity index (χ2v) is 6.16. The minimum Gasteiger partial charge on any atom is -0.497 e. The number of carbonyl (C=O) groups is 1. The zero-order chi connectivity index (χ0) is 18.5. The van der Waals surface area contributed by atoms with Crippen LogP contribution in [-0.4, -0.2) is 23.2 Å². The molecule has 2 N–H and O–H groups in total. The highest BCUT2D eigenvalue weighted by molar-refractivity contribution is 5.99. The smallest absolute Gasteiger partial charge is 0.232 e. The van der Waals surface area contributed by atoms with Crippen molar-refractivity contribution in [3.63, 3.8) is 0 Å². The zero-order valence-corrected chi connectivity index (χ0v) is 15.2. The molecule has 0 bridgehead atoms. The molecule has 0 aliphatic rings. The molecule has 134 valence electrons. The Balaban J connectivity index is 1.87. The molecule has 5 heteroatoms. The third kappa shape index (κ3) is 3.61. The molecule has 1 atom stereocenters. The van der Waals surface area contributed by atoms with Crippen LogP contribution in [0.5, 0.6) is 5.75 Å². The summed E-state index contributed by atoms with van der Waals surface area (Å²) >= 11 is 0. The highest BCUT2D eigenvalue weighted by Crippen LogP contribution is 2.31. The first kappa shape index (κ1) is 17.7. The van der Waals surface area contributed by atoms with Gasteiger partial charge in [0.05, 0.1) is 24.4 Å². The number of ether oxygens (including phenoxy) is 1. The van der Waals surface area contributed by atoms with Gasteiger partial charge in [-0.2, -0.15) is 5.10 Å². The topological polar surface area (TPSA) is 67.0 Å². The number of amides is 1. The van der Waals surface area contributed by atoms with Gasteiger partial charge in [0.1, 0.15) is 11.4 Å². The van der Waals surface area contributed by atoms with Gasteiger partial charge in [-0.15, -0.1) is 0 Å². The number of aromatic amines is 1. The van der Waals surface area contributed by atoms with Gasteiger partial charge in [-0.3, -0.25) is 9.89 Å². The van der Waals surface area contributed by atoms with Crippen LogP contribution in [0.25, 0.3) is 11.3 Å². The SMILES string of the molecule is CC[C@@H](C(=O)Nc1c(-c2ccc(OC)cc2)n[nH]c1C)c1ccccc1. The molecule has 0 unspecified atom stereocenters. The molecule has 0 aliphatic heterocycles. The minimum atomic E-state index is -0.200. The molecule has 0 saturated heterocycles. The summed E-state index contributed by atoms with van der Waals surface area (Å²) in [7, 11) is 1.63. The van der Waals surface area contributed by atoms with Crippen LogP contribution in [-0.2, 0) is 4.79 Å². The normalized spacial score (nSPS) is 11.8. The van der Waals surface area contributed by atoms with E-state index >= 15 is 0 Å². The van der Waals surface area contributed by atoms with E-state index in [1.807, 2.05) is 68.4 Å². The van der Waals surface area contributed by atoms with Crippen molar-refractivity contribution in [3.8, 4) is 17.0 Å². The summed E-state index contributed by atoms with van der Waals surface area (Å²) in [5.74, 6) is 0.550. The molecule has 0 radical (unpaired) electrons. The molecule has 5 nitrogen and oxygen atoms in total. The summed E-state index contributed by atoms with van der Waals surface area (Å²) in [6.45, 7) is 3.92. The van der Waals surface area contributed by atoms with Crippen molar-refractivity contribution in [1.29, 1.82) is 0 Å². The van der Waals surface area contributed by atoms with Crippen LogP contribution in [0, 0.1) is 6.92 Å². The number of hydrogen-bond acceptors (Lipinski definition) is 3. The number of rotatable bonds is 6. The number of anilines is 1. The van der Waals surface area contributed by atoms with Crippen LogP contribution in [0.3, 0.4) is 0 Å². The number of aromatic nitrogens is 2. The van der Waals surface area contributed by atoms with Gasteiger partial charge >= 0.3 is 0 Å². The van der Waals surface area contributed by atoms with E-state index in [0.717, 1.165) is 40.4 Å². The van der Waals surface area contributed by atoms with Crippen LogP contribution in [0.4, 0.5) is 5.69 Å². The molecule has 3 rings (SSSR count). The number of H-pyrrole nitrogens is 1. The largest absolute Gasteiger partial charge is 0.497 e. The molecule has 0 aliphatic carbocycles. The number of carbonyl (C=O) groups excluding carboxylic acids is 1. The van der Waals surface area contributed by atoms with E-state index in [2.05, 4.69) is 15.5 Å². The lowest BCUT2D eigenvalue weighted by molar-refractivity contribution is -0.117. The maximum Gasteiger partial charge on any atom is 0.232 e. The van der Waals surface area contributed by atoms with Gasteiger partial charge in [0, 0.05) is 5.56 Å². The van der Waals surface area contributed by atoms with Crippen LogP contribution >= 0.6 is 0 Å². The van der Waals surface area contributed by atoms with Crippen molar-refractivity contribution < 1.29 is 9.53 Å². The molecular formula is C21H23N3O2. The molecule has 2 aromatic carbocycles. The highest BCUT2D eigenvalue weighted by atomic mass is 16.5. The summed E-state index contributed by atoms with van der Waals surface area (Å²) < 4.78 is 5.20. The first-order valence-electron chi connectivity index (χ1n) is 8.69. The molecule has 1 aromatic heterocycles. The van der Waals surface area contributed by atoms with Gasteiger partial charge in [0.25, 0.3) is 0 Å². The molecule has 1 amide bonds. The summed E-state index contributed by atoms with van der Waals surface area (Å²) in [6, 6.07) is 17.5. The summed E-state index contributed by atoms with van der Waals surface area (Å²) in [5.41, 5.74) is 4.20. The van der Waals surface area contributed by atoms with E-state index in [1.165, 1.54) is 0 Å². The van der Waals surface area contributed by atoms with Crippen molar-refractivity contribution in [2.24, 2.45) is 0 Å². The van der Waals surface area contributed by atoms with E-state index in [-0.39, 0.29) is 11.8 Å². The predicted molar refractivity (Wildman–Crippen MR) is 103 cm³/mol. The van der Waals surface area contributed by atoms with Crippen LogP contribution in [0.15, 0.2) is 54.6 Å². The molecule has 1 heterocycles. The average molecular weight is 349 g/mol. The van der Waals surface area contributed by atoms with E-state index in [0.29, 0.717) is 0 Å².